The predicted molar refractivity (Wildman–Crippen MR) is 144 cm³/mol. The van der Waals surface area contributed by atoms with Gasteiger partial charge in [-0.2, -0.15) is 0 Å². The van der Waals surface area contributed by atoms with Crippen molar-refractivity contribution in [2.24, 2.45) is 0 Å². The van der Waals surface area contributed by atoms with Gasteiger partial charge in [-0.1, -0.05) is 91.0 Å². The van der Waals surface area contributed by atoms with Crippen molar-refractivity contribution in [2.75, 3.05) is 6.61 Å². The van der Waals surface area contributed by atoms with Crippen LogP contribution in [0.2, 0.25) is 0 Å². The van der Waals surface area contributed by atoms with Crippen molar-refractivity contribution in [1.82, 2.24) is 0 Å². The largest absolute Gasteiger partial charge is 0.478 e. The Balaban J connectivity index is 1.33. The first-order chi connectivity index (χ1) is 19.0. The first kappa shape index (κ1) is 27.1. The van der Waals surface area contributed by atoms with E-state index in [0.717, 1.165) is 16.7 Å². The van der Waals surface area contributed by atoms with Crippen LogP contribution in [0, 0.1) is 0 Å². The van der Waals surface area contributed by atoms with Crippen LogP contribution in [0.4, 0.5) is 0 Å². The highest BCUT2D eigenvalue weighted by molar-refractivity contribution is 5.86. The zero-order valence-electron chi connectivity index (χ0n) is 22.2. The van der Waals surface area contributed by atoms with Gasteiger partial charge in [-0.15, -0.1) is 0 Å². The Hall–Kier alpha value is -3.49. The third kappa shape index (κ3) is 7.34. The Labute approximate surface area is 229 Å². The second kappa shape index (κ2) is 12.6. The number of ether oxygens (including phenoxy) is 6. The summed E-state index contributed by atoms with van der Waals surface area (Å²) < 4.78 is 36.7. The van der Waals surface area contributed by atoms with Crippen LogP contribution < -0.4 is 0 Å². The predicted octanol–water partition coefficient (Wildman–Crippen LogP) is 5.33. The van der Waals surface area contributed by atoms with Gasteiger partial charge in [-0.05, 0) is 36.6 Å². The molecule has 0 bridgehead atoms. The summed E-state index contributed by atoms with van der Waals surface area (Å²) in [6.45, 7) is 4.81. The molecule has 2 heterocycles. The second-order valence-corrected chi connectivity index (χ2v) is 10.1. The smallest absolute Gasteiger partial charge is 0.373 e. The van der Waals surface area contributed by atoms with Crippen LogP contribution in [0.5, 0.6) is 0 Å². The molecule has 0 radical (unpaired) electrons. The molecule has 0 amide bonds. The summed E-state index contributed by atoms with van der Waals surface area (Å²) in [4.78, 5) is 13.1. The Morgan fingerprint density at radius 1 is 0.795 bits per heavy atom. The Morgan fingerprint density at radius 3 is 1.97 bits per heavy atom. The van der Waals surface area contributed by atoms with Crippen LogP contribution in [0.3, 0.4) is 0 Å². The molecule has 3 aromatic carbocycles. The van der Waals surface area contributed by atoms with Crippen molar-refractivity contribution >= 4 is 5.97 Å². The molecular formula is C32H34O7. The molecule has 0 unspecified atom stereocenters. The highest BCUT2D eigenvalue weighted by atomic mass is 16.8. The van der Waals surface area contributed by atoms with Crippen LogP contribution in [0.15, 0.2) is 103 Å². The standard InChI is InChI=1S/C32H34O7/c1-32(2)38-26-18-27(31(33)36-21-25-16-10-5-11-17-25)37-29(30(26)39-32)28(35-20-24-14-8-4-9-15-24)22-34-19-23-12-6-3-7-13-23/h3-18,26,28-30H,19-22H2,1-2H3/t26-,28-,29-,30-/m1/s1. The van der Waals surface area contributed by atoms with Gasteiger partial charge in [0.05, 0.1) is 19.8 Å². The average Bonchev–Trinajstić information content (AvgIpc) is 3.28. The molecule has 7 nitrogen and oxygen atoms in total. The van der Waals surface area contributed by atoms with Crippen molar-refractivity contribution in [3.63, 3.8) is 0 Å². The Kier molecular flexibility index (Phi) is 8.74. The van der Waals surface area contributed by atoms with Gasteiger partial charge in [-0.3, -0.25) is 0 Å². The Bertz CT molecular complexity index is 1230. The molecule has 4 atom stereocenters. The zero-order chi connectivity index (χ0) is 27.1. The number of carbonyl (C=O) groups is 1. The summed E-state index contributed by atoms with van der Waals surface area (Å²) in [7, 11) is 0. The number of esters is 1. The van der Waals surface area contributed by atoms with Gasteiger partial charge in [0.2, 0.25) is 5.76 Å². The lowest BCUT2D eigenvalue weighted by atomic mass is 9.99. The summed E-state index contributed by atoms with van der Waals surface area (Å²) in [5.41, 5.74) is 2.95. The summed E-state index contributed by atoms with van der Waals surface area (Å²) >= 11 is 0. The topological polar surface area (TPSA) is 72.5 Å². The van der Waals surface area contributed by atoms with Crippen molar-refractivity contribution in [3.8, 4) is 0 Å². The minimum atomic E-state index is -0.855. The summed E-state index contributed by atoms with van der Waals surface area (Å²) in [5.74, 6) is -1.34. The molecule has 3 aromatic rings. The van der Waals surface area contributed by atoms with Crippen molar-refractivity contribution in [1.29, 1.82) is 0 Å². The fraction of sp³-hybridized carbons (Fsp3) is 0.344. The molecule has 0 N–H and O–H groups in total. The number of hydrogen-bond acceptors (Lipinski definition) is 7. The molecular weight excluding hydrogens is 496 g/mol. The zero-order valence-corrected chi connectivity index (χ0v) is 22.2. The lowest BCUT2D eigenvalue weighted by Gasteiger charge is -2.36. The van der Waals surface area contributed by atoms with Gasteiger partial charge >= 0.3 is 5.97 Å². The summed E-state index contributed by atoms with van der Waals surface area (Å²) in [6.07, 6.45) is -0.575. The monoisotopic (exact) mass is 530 g/mol. The number of benzene rings is 3. The molecule has 2 aliphatic heterocycles. The lowest BCUT2D eigenvalue weighted by Crippen LogP contribution is -2.50. The Morgan fingerprint density at radius 2 is 1.36 bits per heavy atom. The van der Waals surface area contributed by atoms with Crippen LogP contribution in [0.1, 0.15) is 30.5 Å². The maximum atomic E-state index is 13.1. The van der Waals surface area contributed by atoms with E-state index >= 15 is 0 Å². The quantitative estimate of drug-likeness (QED) is 0.310. The molecule has 2 aliphatic rings. The summed E-state index contributed by atoms with van der Waals surface area (Å²) in [6, 6.07) is 29.3. The molecule has 7 heteroatoms. The first-order valence-electron chi connectivity index (χ1n) is 13.2. The van der Waals surface area contributed by atoms with E-state index in [1.807, 2.05) is 105 Å². The highest BCUT2D eigenvalue weighted by Gasteiger charge is 2.51. The molecule has 1 saturated heterocycles. The molecule has 0 aromatic heterocycles. The third-order valence-electron chi connectivity index (χ3n) is 6.55. The van der Waals surface area contributed by atoms with Crippen LogP contribution in [0.25, 0.3) is 0 Å². The fourth-order valence-electron chi connectivity index (χ4n) is 4.68. The molecule has 0 saturated carbocycles. The van der Waals surface area contributed by atoms with E-state index in [1.54, 1.807) is 6.08 Å². The highest BCUT2D eigenvalue weighted by Crippen LogP contribution is 2.38. The van der Waals surface area contributed by atoms with Gasteiger partial charge in [0, 0.05) is 0 Å². The second-order valence-electron chi connectivity index (χ2n) is 10.1. The number of rotatable bonds is 11. The van der Waals surface area contributed by atoms with Crippen LogP contribution >= 0.6 is 0 Å². The summed E-state index contributed by atoms with van der Waals surface area (Å²) in [5, 5.41) is 0. The number of hydrogen-bond donors (Lipinski definition) is 0. The van der Waals surface area contributed by atoms with E-state index in [4.69, 9.17) is 28.4 Å². The molecule has 1 fully saturated rings. The maximum Gasteiger partial charge on any atom is 0.373 e. The van der Waals surface area contributed by atoms with Crippen molar-refractivity contribution in [2.45, 2.75) is 63.9 Å². The van der Waals surface area contributed by atoms with E-state index < -0.39 is 36.2 Å². The number of fused-ring (bicyclic) bond motifs is 1. The minimum absolute atomic E-state index is 0.0786. The van der Waals surface area contributed by atoms with E-state index in [2.05, 4.69) is 0 Å². The molecule has 0 aliphatic carbocycles. The van der Waals surface area contributed by atoms with E-state index in [9.17, 15) is 4.79 Å². The van der Waals surface area contributed by atoms with E-state index in [0.29, 0.717) is 13.2 Å². The fourth-order valence-corrected chi connectivity index (χ4v) is 4.68. The SMILES string of the molecule is CC1(C)O[C@H]2[C@@H]([C@@H](COCc3ccccc3)OCc3ccccc3)OC(C(=O)OCc3ccccc3)=C[C@H]2O1. The number of carbonyl (C=O) groups excluding carboxylic acids is 1. The van der Waals surface area contributed by atoms with Crippen molar-refractivity contribution in [3.05, 3.63) is 120 Å². The van der Waals surface area contributed by atoms with Gasteiger partial charge in [-0.25, -0.2) is 4.79 Å². The molecule has 39 heavy (non-hydrogen) atoms. The van der Waals surface area contributed by atoms with Gasteiger partial charge in [0.1, 0.15) is 24.9 Å². The van der Waals surface area contributed by atoms with Crippen LogP contribution in [-0.4, -0.2) is 42.8 Å². The van der Waals surface area contributed by atoms with E-state index in [1.165, 1.54) is 0 Å². The van der Waals surface area contributed by atoms with Gasteiger partial charge < -0.3 is 28.4 Å². The average molecular weight is 531 g/mol. The van der Waals surface area contributed by atoms with Gasteiger partial charge in [0.15, 0.2) is 11.9 Å². The molecule has 0 spiro atoms. The van der Waals surface area contributed by atoms with Crippen LogP contribution in [-0.2, 0) is 53.0 Å². The first-order valence-corrected chi connectivity index (χ1v) is 13.2. The van der Waals surface area contributed by atoms with Gasteiger partial charge in [0.25, 0.3) is 0 Å². The minimum Gasteiger partial charge on any atom is -0.478 e. The maximum absolute atomic E-state index is 13.1. The third-order valence-corrected chi connectivity index (χ3v) is 6.55. The normalized spacial score (nSPS) is 22.3. The van der Waals surface area contributed by atoms with E-state index in [-0.39, 0.29) is 19.0 Å². The molecule has 204 valence electrons. The lowest BCUT2D eigenvalue weighted by molar-refractivity contribution is -0.180. The van der Waals surface area contributed by atoms with Crippen molar-refractivity contribution < 1.29 is 33.2 Å². The molecule has 5 rings (SSSR count).